The van der Waals surface area contributed by atoms with E-state index in [0.29, 0.717) is 48.2 Å². The Morgan fingerprint density at radius 2 is 1.43 bits per heavy atom. The minimum Gasteiger partial charge on any atom is -0.393 e. The Hall–Kier alpha value is -0.770. The number of Topliss-reactive ketones (excluding diaryl/α,β-unsaturated/α-hetero) is 1. The van der Waals surface area contributed by atoms with Crippen LogP contribution in [0.25, 0.3) is 0 Å². The average Bonchev–Trinajstić information content (AvgIpc) is 3.22. The SMILES string of the molecule is C[C@]12CCC(=O)C[C@@H]1CC[C@@H]1[C@@H]2[C@@H](CCCCCCCCCCS(=O)(=O)CCCC(F)(F)C(F)(F)F)C[C@]2(C)[C@@H](O)CC[C@@H]12. The minimum atomic E-state index is -5.65. The molecule has 0 radical (unpaired) electrons. The first-order valence-electron chi connectivity index (χ1n) is 17.3. The van der Waals surface area contributed by atoms with E-state index in [0.717, 1.165) is 83.5 Å². The van der Waals surface area contributed by atoms with Crippen molar-refractivity contribution in [3.8, 4) is 0 Å². The maximum Gasteiger partial charge on any atom is 0.453 e. The third-order valence-electron chi connectivity index (χ3n) is 12.6. The Morgan fingerprint density at radius 1 is 0.818 bits per heavy atom. The number of carbonyl (C=O) groups is 1. The van der Waals surface area contributed by atoms with Gasteiger partial charge in [0.15, 0.2) is 0 Å². The zero-order chi connectivity index (χ0) is 32.4. The predicted octanol–water partition coefficient (Wildman–Crippen LogP) is 9.09. The number of fused-ring (bicyclic) bond motifs is 5. The summed E-state index contributed by atoms with van der Waals surface area (Å²) in [4.78, 5) is 12.4. The molecule has 256 valence electrons. The van der Waals surface area contributed by atoms with Crippen LogP contribution in [0.2, 0.25) is 0 Å². The molecule has 0 amide bonds. The number of rotatable bonds is 15. The standard InChI is InChI=1S/C34H55F5O4S/c1-31-19-17-26(40)22-25(31)13-14-27-28-15-16-29(41)32(28,2)23-24(30(27)31)12-9-7-5-3-4-6-8-10-20-44(42,43)21-11-18-33(35,36)34(37,38)39/h24-25,27-30,41H,3-23H2,1-2H3/t24-,25-,27-,28-,29-,30-,31-,32-/m0/s1. The fourth-order valence-corrected chi connectivity index (χ4v) is 11.7. The van der Waals surface area contributed by atoms with Crippen LogP contribution in [-0.2, 0) is 14.6 Å². The number of hydrogen-bond donors (Lipinski definition) is 1. The van der Waals surface area contributed by atoms with Crippen LogP contribution < -0.4 is 0 Å². The number of aliphatic hydroxyl groups is 1. The molecular weight excluding hydrogens is 599 g/mol. The number of alkyl halides is 5. The highest BCUT2D eigenvalue weighted by molar-refractivity contribution is 7.91. The van der Waals surface area contributed by atoms with Crippen molar-refractivity contribution in [2.45, 2.75) is 154 Å². The van der Waals surface area contributed by atoms with Gasteiger partial charge in [-0.15, -0.1) is 0 Å². The van der Waals surface area contributed by atoms with Crippen LogP contribution in [0.3, 0.4) is 0 Å². The second kappa shape index (κ2) is 14.1. The number of aliphatic hydroxyl groups excluding tert-OH is 1. The van der Waals surface area contributed by atoms with Gasteiger partial charge in [0.2, 0.25) is 0 Å². The second-order valence-electron chi connectivity index (χ2n) is 15.5. The van der Waals surface area contributed by atoms with Crippen molar-refractivity contribution in [3.05, 3.63) is 0 Å². The van der Waals surface area contributed by atoms with Crippen molar-refractivity contribution in [2.75, 3.05) is 11.5 Å². The summed E-state index contributed by atoms with van der Waals surface area (Å²) >= 11 is 0. The lowest BCUT2D eigenvalue weighted by Gasteiger charge is -2.62. The number of carbonyl (C=O) groups excluding carboxylic acids is 1. The summed E-state index contributed by atoms with van der Waals surface area (Å²) in [6.45, 7) is 4.83. The molecular formula is C34H55F5O4S. The summed E-state index contributed by atoms with van der Waals surface area (Å²) in [5.74, 6) is -2.21. The van der Waals surface area contributed by atoms with E-state index in [4.69, 9.17) is 0 Å². The number of ketones is 1. The lowest BCUT2D eigenvalue weighted by molar-refractivity contribution is -0.284. The van der Waals surface area contributed by atoms with Gasteiger partial charge in [0, 0.05) is 19.3 Å². The van der Waals surface area contributed by atoms with E-state index >= 15 is 0 Å². The van der Waals surface area contributed by atoms with Crippen molar-refractivity contribution in [1.29, 1.82) is 0 Å². The minimum absolute atomic E-state index is 0.0150. The molecule has 4 fully saturated rings. The lowest BCUT2D eigenvalue weighted by atomic mass is 9.42. The zero-order valence-corrected chi connectivity index (χ0v) is 27.6. The molecule has 1 N–H and O–H groups in total. The highest BCUT2D eigenvalue weighted by atomic mass is 32.2. The molecule has 0 aromatic rings. The monoisotopic (exact) mass is 654 g/mol. The van der Waals surface area contributed by atoms with Crippen LogP contribution in [-0.4, -0.2) is 49.0 Å². The molecule has 0 aromatic carbocycles. The first kappa shape index (κ1) is 36.1. The van der Waals surface area contributed by atoms with E-state index in [9.17, 15) is 40.3 Å². The number of sulfone groups is 1. The van der Waals surface area contributed by atoms with Gasteiger partial charge in [-0.05, 0) is 91.8 Å². The average molecular weight is 655 g/mol. The van der Waals surface area contributed by atoms with Gasteiger partial charge in [-0.25, -0.2) is 8.42 Å². The summed E-state index contributed by atoms with van der Waals surface area (Å²) in [6.07, 6.45) is 8.61. The molecule has 0 saturated heterocycles. The van der Waals surface area contributed by atoms with Crippen molar-refractivity contribution in [1.82, 2.24) is 0 Å². The van der Waals surface area contributed by atoms with Crippen molar-refractivity contribution < 1.29 is 40.3 Å². The third kappa shape index (κ3) is 8.02. The Morgan fingerprint density at radius 3 is 2.09 bits per heavy atom. The van der Waals surface area contributed by atoms with Crippen molar-refractivity contribution >= 4 is 15.6 Å². The van der Waals surface area contributed by atoms with Gasteiger partial charge in [0.05, 0.1) is 17.6 Å². The highest BCUT2D eigenvalue weighted by Gasteiger charge is 2.62. The Balaban J connectivity index is 1.15. The molecule has 0 heterocycles. The number of halogens is 5. The molecule has 4 nitrogen and oxygen atoms in total. The number of unbranched alkanes of at least 4 members (excludes halogenated alkanes) is 7. The molecule has 10 heteroatoms. The van der Waals surface area contributed by atoms with Crippen LogP contribution in [0.1, 0.15) is 136 Å². The van der Waals surface area contributed by atoms with E-state index in [1.54, 1.807) is 0 Å². The fourth-order valence-electron chi connectivity index (χ4n) is 10.3. The van der Waals surface area contributed by atoms with Gasteiger partial charge in [-0.3, -0.25) is 4.79 Å². The Kier molecular flexibility index (Phi) is 11.6. The topological polar surface area (TPSA) is 71.4 Å². The summed E-state index contributed by atoms with van der Waals surface area (Å²) in [5.41, 5.74) is 0.249. The third-order valence-corrected chi connectivity index (χ3v) is 14.5. The summed E-state index contributed by atoms with van der Waals surface area (Å²) in [7, 11) is -3.63. The van der Waals surface area contributed by atoms with E-state index < -0.39 is 40.5 Å². The molecule has 0 aliphatic heterocycles. The molecule has 0 spiro atoms. The smallest absolute Gasteiger partial charge is 0.393 e. The maximum atomic E-state index is 13.0. The van der Waals surface area contributed by atoms with E-state index in [-0.39, 0.29) is 22.7 Å². The Bertz CT molecular complexity index is 1080. The largest absolute Gasteiger partial charge is 0.453 e. The summed E-state index contributed by atoms with van der Waals surface area (Å²) in [6, 6.07) is 0. The molecule has 0 aromatic heterocycles. The zero-order valence-electron chi connectivity index (χ0n) is 26.8. The van der Waals surface area contributed by atoms with Crippen LogP contribution in [0.15, 0.2) is 0 Å². The fraction of sp³-hybridized carbons (Fsp3) is 0.971. The highest BCUT2D eigenvalue weighted by Crippen LogP contribution is 2.68. The maximum absolute atomic E-state index is 13.0. The van der Waals surface area contributed by atoms with Gasteiger partial charge in [0.1, 0.15) is 15.6 Å². The van der Waals surface area contributed by atoms with E-state index in [2.05, 4.69) is 13.8 Å². The summed E-state index contributed by atoms with van der Waals surface area (Å²) in [5, 5.41) is 11.0. The Labute approximate surface area is 261 Å². The lowest BCUT2D eigenvalue weighted by Crippen LogP contribution is -2.57. The van der Waals surface area contributed by atoms with Crippen molar-refractivity contribution in [2.24, 2.45) is 40.4 Å². The normalized spacial score (nSPS) is 36.1. The summed E-state index contributed by atoms with van der Waals surface area (Å²) < 4.78 is 86.8. The van der Waals surface area contributed by atoms with Gasteiger partial charge in [0.25, 0.3) is 0 Å². The number of hydrogen-bond acceptors (Lipinski definition) is 4. The van der Waals surface area contributed by atoms with Gasteiger partial charge in [-0.2, -0.15) is 22.0 Å². The quantitative estimate of drug-likeness (QED) is 0.141. The van der Waals surface area contributed by atoms with Crippen LogP contribution >= 0.6 is 0 Å². The predicted molar refractivity (Wildman–Crippen MR) is 162 cm³/mol. The molecule has 0 unspecified atom stereocenters. The molecule has 4 rings (SSSR count). The molecule has 44 heavy (non-hydrogen) atoms. The molecule has 4 aliphatic carbocycles. The van der Waals surface area contributed by atoms with Crippen LogP contribution in [0, 0.1) is 40.4 Å². The molecule has 4 aliphatic rings. The van der Waals surface area contributed by atoms with Gasteiger partial charge >= 0.3 is 12.1 Å². The first-order valence-corrected chi connectivity index (χ1v) is 19.2. The van der Waals surface area contributed by atoms with Gasteiger partial charge < -0.3 is 5.11 Å². The van der Waals surface area contributed by atoms with Gasteiger partial charge in [-0.1, -0.05) is 65.2 Å². The van der Waals surface area contributed by atoms with Crippen LogP contribution in [0.4, 0.5) is 22.0 Å². The first-order chi connectivity index (χ1) is 20.5. The van der Waals surface area contributed by atoms with Crippen molar-refractivity contribution in [3.63, 3.8) is 0 Å². The van der Waals surface area contributed by atoms with E-state index in [1.807, 2.05) is 0 Å². The molecule has 4 saturated carbocycles. The molecule has 0 bridgehead atoms. The van der Waals surface area contributed by atoms with E-state index in [1.165, 1.54) is 12.8 Å². The second-order valence-corrected chi connectivity index (χ2v) is 17.8. The van der Waals surface area contributed by atoms with Crippen LogP contribution in [0.5, 0.6) is 0 Å². The molecule has 8 atom stereocenters.